The van der Waals surface area contributed by atoms with E-state index in [2.05, 4.69) is 32.4 Å². The molecule has 1 amide bonds. The molecule has 0 bridgehead atoms. The van der Waals surface area contributed by atoms with Gasteiger partial charge >= 0.3 is 0 Å². The highest BCUT2D eigenvalue weighted by Crippen LogP contribution is 2.32. The molecule has 3 rings (SSSR count). The number of aromatic nitrogens is 3. The number of hydrogen-bond acceptors (Lipinski definition) is 4. The number of carbonyl (C=O) groups is 1. The average molecular weight is 444 g/mol. The molecule has 2 heterocycles. The fourth-order valence-corrected chi connectivity index (χ4v) is 2.93. The molecule has 0 aliphatic rings. The van der Waals surface area contributed by atoms with Crippen LogP contribution in [0.4, 0.5) is 15.9 Å². The van der Waals surface area contributed by atoms with Crippen molar-refractivity contribution >= 4 is 34.6 Å². The molecule has 0 atom stereocenters. The number of aromatic amines is 1. The first-order valence-electron chi connectivity index (χ1n) is 10.1. The van der Waals surface area contributed by atoms with E-state index >= 15 is 0 Å². The van der Waals surface area contributed by atoms with E-state index < -0.39 is 5.82 Å². The van der Waals surface area contributed by atoms with Gasteiger partial charge in [-0.25, -0.2) is 4.39 Å². The van der Waals surface area contributed by atoms with E-state index in [1.54, 1.807) is 12.3 Å². The number of allylic oxidation sites excluding steroid dienone is 1. The first kappa shape index (κ1) is 24.1. The van der Waals surface area contributed by atoms with E-state index in [0.717, 1.165) is 17.6 Å². The first-order chi connectivity index (χ1) is 14.9. The Morgan fingerprint density at radius 1 is 1.23 bits per heavy atom. The lowest BCUT2D eigenvalue weighted by Gasteiger charge is -2.14. The van der Waals surface area contributed by atoms with Crippen molar-refractivity contribution in [3.05, 3.63) is 65.2 Å². The smallest absolute Gasteiger partial charge is 0.256 e. The van der Waals surface area contributed by atoms with E-state index in [1.165, 1.54) is 24.4 Å². The average Bonchev–Trinajstić information content (AvgIpc) is 3.23. The normalized spacial score (nSPS) is 10.1. The predicted octanol–water partition coefficient (Wildman–Crippen LogP) is 6.21. The minimum Gasteiger partial charge on any atom is -0.352 e. The van der Waals surface area contributed by atoms with E-state index in [-0.39, 0.29) is 11.5 Å². The molecule has 0 aliphatic carbocycles. The SMILES string of the molecule is C=C(C)c1cnc(-c2cc(Cl)ccc2F)cc1Nc1[nH]ncc1C(=O)NCCC.CC. The molecule has 0 spiro atoms. The van der Waals surface area contributed by atoms with Gasteiger partial charge in [-0.05, 0) is 43.2 Å². The molecule has 0 saturated carbocycles. The van der Waals surface area contributed by atoms with Crippen LogP contribution in [0, 0.1) is 5.82 Å². The predicted molar refractivity (Wildman–Crippen MR) is 125 cm³/mol. The molecule has 8 heteroatoms. The molecule has 0 aliphatic heterocycles. The summed E-state index contributed by atoms with van der Waals surface area (Å²) in [6.45, 7) is 12.3. The third-order valence-electron chi connectivity index (χ3n) is 4.25. The number of pyridine rings is 1. The fourth-order valence-electron chi connectivity index (χ4n) is 2.76. The lowest BCUT2D eigenvalue weighted by molar-refractivity contribution is 0.0954. The van der Waals surface area contributed by atoms with Crippen molar-refractivity contribution in [2.45, 2.75) is 34.1 Å². The quantitative estimate of drug-likeness (QED) is 0.405. The Morgan fingerprint density at radius 3 is 2.65 bits per heavy atom. The van der Waals surface area contributed by atoms with Crippen molar-refractivity contribution in [3.63, 3.8) is 0 Å². The molecule has 0 unspecified atom stereocenters. The highest BCUT2D eigenvalue weighted by Gasteiger charge is 2.17. The van der Waals surface area contributed by atoms with Crippen molar-refractivity contribution in [1.29, 1.82) is 0 Å². The van der Waals surface area contributed by atoms with Gasteiger partial charge in [0.05, 0.1) is 17.6 Å². The summed E-state index contributed by atoms with van der Waals surface area (Å²) in [7, 11) is 0. The van der Waals surface area contributed by atoms with Gasteiger partial charge in [0.1, 0.15) is 17.2 Å². The number of rotatable bonds is 7. The van der Waals surface area contributed by atoms with Gasteiger partial charge in [-0.1, -0.05) is 39.0 Å². The van der Waals surface area contributed by atoms with Crippen LogP contribution in [0.15, 0.2) is 43.2 Å². The molecular weight excluding hydrogens is 417 g/mol. The molecule has 0 saturated heterocycles. The maximum absolute atomic E-state index is 14.3. The van der Waals surface area contributed by atoms with E-state index in [9.17, 15) is 9.18 Å². The standard InChI is InChI=1S/C21H21ClFN5O.C2H6/c1-4-7-24-21(29)16-11-26-28-20(16)27-19-9-18(25-10-15(19)12(2)3)14-8-13(22)5-6-17(14)23;1-2/h5-6,8-11H,2,4,7H2,1,3H3,(H,24,29)(H2,25,26,27,28);1-2H3. The molecular formula is C23H27ClFN5O. The van der Waals surface area contributed by atoms with Crippen LogP contribution in [0.1, 0.15) is 50.0 Å². The summed E-state index contributed by atoms with van der Waals surface area (Å²) in [6, 6.07) is 5.98. The van der Waals surface area contributed by atoms with Gasteiger partial charge < -0.3 is 10.6 Å². The lowest BCUT2D eigenvalue weighted by atomic mass is 10.0. The molecule has 6 nitrogen and oxygen atoms in total. The van der Waals surface area contributed by atoms with Gasteiger partial charge in [-0.15, -0.1) is 0 Å². The van der Waals surface area contributed by atoms with Gasteiger partial charge in [0.15, 0.2) is 0 Å². The molecule has 31 heavy (non-hydrogen) atoms. The van der Waals surface area contributed by atoms with Crippen molar-refractivity contribution in [2.24, 2.45) is 0 Å². The van der Waals surface area contributed by atoms with Crippen molar-refractivity contribution < 1.29 is 9.18 Å². The van der Waals surface area contributed by atoms with Crippen molar-refractivity contribution in [1.82, 2.24) is 20.5 Å². The van der Waals surface area contributed by atoms with Crippen LogP contribution >= 0.6 is 11.6 Å². The zero-order valence-corrected chi connectivity index (χ0v) is 18.9. The third kappa shape index (κ3) is 5.92. The largest absolute Gasteiger partial charge is 0.352 e. The number of hydrogen-bond donors (Lipinski definition) is 3. The Kier molecular flexibility index (Phi) is 8.75. The zero-order valence-electron chi connectivity index (χ0n) is 18.1. The Labute approximate surface area is 186 Å². The van der Waals surface area contributed by atoms with Crippen LogP contribution in [0.2, 0.25) is 5.02 Å². The van der Waals surface area contributed by atoms with Crippen LogP contribution in [0.3, 0.4) is 0 Å². The number of anilines is 2. The Bertz CT molecular complexity index is 1060. The highest BCUT2D eigenvalue weighted by molar-refractivity contribution is 6.30. The van der Waals surface area contributed by atoms with Crippen LogP contribution in [0.25, 0.3) is 16.8 Å². The molecule has 1 aromatic carbocycles. The van der Waals surface area contributed by atoms with Gasteiger partial charge in [-0.2, -0.15) is 5.10 Å². The Hall–Kier alpha value is -3.19. The molecule has 0 radical (unpaired) electrons. The summed E-state index contributed by atoms with van der Waals surface area (Å²) in [6.07, 6.45) is 3.88. The lowest BCUT2D eigenvalue weighted by Crippen LogP contribution is -2.24. The van der Waals surface area contributed by atoms with Gasteiger partial charge in [0.25, 0.3) is 5.91 Å². The van der Waals surface area contributed by atoms with Gasteiger partial charge in [0.2, 0.25) is 0 Å². The van der Waals surface area contributed by atoms with Crippen LogP contribution < -0.4 is 10.6 Å². The molecule has 0 fully saturated rings. The number of H-pyrrole nitrogens is 1. The van der Waals surface area contributed by atoms with Crippen LogP contribution in [-0.4, -0.2) is 27.6 Å². The first-order valence-corrected chi connectivity index (χ1v) is 10.5. The van der Waals surface area contributed by atoms with E-state index in [4.69, 9.17) is 11.6 Å². The molecule has 3 aromatic rings. The number of carbonyl (C=O) groups excluding carboxylic acids is 1. The second-order valence-electron chi connectivity index (χ2n) is 6.56. The number of benzene rings is 1. The van der Waals surface area contributed by atoms with Gasteiger partial charge in [0, 0.05) is 28.9 Å². The zero-order chi connectivity index (χ0) is 23.0. The summed E-state index contributed by atoms with van der Waals surface area (Å²) in [5.74, 6) is -0.253. The minimum atomic E-state index is -0.433. The summed E-state index contributed by atoms with van der Waals surface area (Å²) in [5, 5.41) is 13.1. The number of amides is 1. The maximum Gasteiger partial charge on any atom is 0.256 e. The summed E-state index contributed by atoms with van der Waals surface area (Å²) >= 11 is 6.02. The van der Waals surface area contributed by atoms with Crippen LogP contribution in [-0.2, 0) is 0 Å². The third-order valence-corrected chi connectivity index (χ3v) is 4.48. The van der Waals surface area contributed by atoms with Crippen molar-refractivity contribution in [3.8, 4) is 11.3 Å². The topological polar surface area (TPSA) is 82.7 Å². The highest BCUT2D eigenvalue weighted by atomic mass is 35.5. The second-order valence-corrected chi connectivity index (χ2v) is 7.00. The summed E-state index contributed by atoms with van der Waals surface area (Å²) in [4.78, 5) is 16.7. The maximum atomic E-state index is 14.3. The van der Waals surface area contributed by atoms with Crippen molar-refractivity contribution in [2.75, 3.05) is 11.9 Å². The molecule has 3 N–H and O–H groups in total. The monoisotopic (exact) mass is 443 g/mol. The Morgan fingerprint density at radius 2 is 1.97 bits per heavy atom. The molecule has 164 valence electrons. The number of nitrogens with one attached hydrogen (secondary N) is 3. The molecule has 2 aromatic heterocycles. The van der Waals surface area contributed by atoms with E-state index in [0.29, 0.717) is 34.3 Å². The fraction of sp³-hybridized carbons (Fsp3) is 0.261. The summed E-state index contributed by atoms with van der Waals surface area (Å²) in [5.41, 5.74) is 3.14. The Balaban J connectivity index is 0.00000166. The van der Waals surface area contributed by atoms with E-state index in [1.807, 2.05) is 27.7 Å². The second kappa shape index (κ2) is 11.3. The minimum absolute atomic E-state index is 0.241. The number of nitrogens with zero attached hydrogens (tertiary/aromatic N) is 2. The van der Waals surface area contributed by atoms with Gasteiger partial charge in [-0.3, -0.25) is 14.9 Å². The number of halogens is 2. The summed E-state index contributed by atoms with van der Waals surface area (Å²) < 4.78 is 14.3. The van der Waals surface area contributed by atoms with Crippen LogP contribution in [0.5, 0.6) is 0 Å².